The summed E-state index contributed by atoms with van der Waals surface area (Å²) in [6.45, 7) is 2.23. The molecule has 0 saturated carbocycles. The number of aromatic nitrogens is 3. The molecule has 3 heterocycles. The van der Waals surface area contributed by atoms with Crippen LogP contribution in [0.4, 0.5) is 10.2 Å². The molecule has 0 N–H and O–H groups in total. The average molecular weight is 420 g/mol. The van der Waals surface area contributed by atoms with Crippen molar-refractivity contribution in [1.82, 2.24) is 19.7 Å². The van der Waals surface area contributed by atoms with Gasteiger partial charge in [-0.05, 0) is 18.2 Å². The summed E-state index contributed by atoms with van der Waals surface area (Å²) in [5, 5.41) is 5.09. The second kappa shape index (κ2) is 7.77. The maximum absolute atomic E-state index is 13.9. The summed E-state index contributed by atoms with van der Waals surface area (Å²) in [6.07, 6.45) is 4.56. The highest BCUT2D eigenvalue weighted by atomic mass is 35.5. The van der Waals surface area contributed by atoms with Crippen molar-refractivity contribution in [2.75, 3.05) is 31.1 Å². The van der Waals surface area contributed by atoms with E-state index in [2.05, 4.69) is 10.1 Å². The molecule has 9 heteroatoms. The van der Waals surface area contributed by atoms with Gasteiger partial charge in [0.05, 0.1) is 21.8 Å². The van der Waals surface area contributed by atoms with Crippen LogP contribution in [0, 0.1) is 5.82 Å². The van der Waals surface area contributed by atoms with Gasteiger partial charge in [-0.2, -0.15) is 5.10 Å². The molecule has 4 rings (SSSR count). The van der Waals surface area contributed by atoms with Gasteiger partial charge in [-0.15, -0.1) is 0 Å². The Kier molecular flexibility index (Phi) is 5.19. The van der Waals surface area contributed by atoms with Crippen LogP contribution in [-0.4, -0.2) is 51.8 Å². The number of para-hydroxylation sites is 1. The van der Waals surface area contributed by atoms with E-state index >= 15 is 0 Å². The third-order valence-corrected chi connectivity index (χ3v) is 5.07. The number of anilines is 1. The fourth-order valence-corrected chi connectivity index (χ4v) is 3.65. The lowest BCUT2D eigenvalue weighted by atomic mass is 10.2. The molecule has 1 aliphatic rings. The topological polar surface area (TPSA) is 54.3 Å². The number of hydrogen-bond donors (Lipinski definition) is 0. The van der Waals surface area contributed by atoms with E-state index in [9.17, 15) is 9.18 Å². The summed E-state index contributed by atoms with van der Waals surface area (Å²) >= 11 is 12.1. The monoisotopic (exact) mass is 419 g/mol. The molecule has 0 spiro atoms. The SMILES string of the molecule is O=C(c1cnn(-c2ccccc2F)c1)N1CCN(c2ncc(Cl)cc2Cl)CC1. The van der Waals surface area contributed by atoms with E-state index in [-0.39, 0.29) is 5.91 Å². The van der Waals surface area contributed by atoms with E-state index in [1.165, 1.54) is 16.9 Å². The zero-order chi connectivity index (χ0) is 19.7. The van der Waals surface area contributed by atoms with Crippen molar-refractivity contribution >= 4 is 34.9 Å². The number of halogens is 3. The Morgan fingerprint density at radius 2 is 1.82 bits per heavy atom. The summed E-state index contributed by atoms with van der Waals surface area (Å²) in [5.74, 6) is 0.119. The minimum absolute atomic E-state index is 0.141. The van der Waals surface area contributed by atoms with Gasteiger partial charge in [-0.3, -0.25) is 4.79 Å². The third kappa shape index (κ3) is 3.68. The lowest BCUT2D eigenvalue weighted by molar-refractivity contribution is 0.0746. The molecule has 0 radical (unpaired) electrons. The minimum atomic E-state index is -0.398. The highest BCUT2D eigenvalue weighted by molar-refractivity contribution is 6.36. The van der Waals surface area contributed by atoms with Gasteiger partial charge in [0.15, 0.2) is 0 Å². The zero-order valence-electron chi connectivity index (χ0n) is 14.7. The molecule has 1 aliphatic heterocycles. The Morgan fingerprint density at radius 1 is 1.07 bits per heavy atom. The third-order valence-electron chi connectivity index (χ3n) is 4.58. The number of carbonyl (C=O) groups excluding carboxylic acids is 1. The molecule has 1 saturated heterocycles. The second-order valence-electron chi connectivity index (χ2n) is 6.36. The molecule has 144 valence electrons. The Hall–Kier alpha value is -2.64. The van der Waals surface area contributed by atoms with Gasteiger partial charge in [0, 0.05) is 38.6 Å². The first-order chi connectivity index (χ1) is 13.5. The molecule has 1 fully saturated rings. The predicted molar refractivity (Wildman–Crippen MR) is 106 cm³/mol. The maximum Gasteiger partial charge on any atom is 0.257 e. The van der Waals surface area contributed by atoms with Crippen LogP contribution in [-0.2, 0) is 0 Å². The van der Waals surface area contributed by atoms with Crippen LogP contribution in [0.15, 0.2) is 48.9 Å². The molecule has 3 aromatic rings. The van der Waals surface area contributed by atoms with Gasteiger partial charge in [0.1, 0.15) is 17.3 Å². The van der Waals surface area contributed by atoms with E-state index in [1.54, 1.807) is 41.6 Å². The van der Waals surface area contributed by atoms with E-state index < -0.39 is 5.82 Å². The van der Waals surface area contributed by atoms with Crippen molar-refractivity contribution in [2.24, 2.45) is 0 Å². The van der Waals surface area contributed by atoms with E-state index in [1.807, 2.05) is 4.90 Å². The Balaban J connectivity index is 1.44. The smallest absolute Gasteiger partial charge is 0.257 e. The van der Waals surface area contributed by atoms with Crippen LogP contribution in [0.2, 0.25) is 10.0 Å². The van der Waals surface area contributed by atoms with Gasteiger partial charge in [0.25, 0.3) is 5.91 Å². The minimum Gasteiger partial charge on any atom is -0.352 e. The molecule has 1 amide bonds. The van der Waals surface area contributed by atoms with Crippen molar-refractivity contribution in [2.45, 2.75) is 0 Å². The zero-order valence-corrected chi connectivity index (χ0v) is 16.2. The fourth-order valence-electron chi connectivity index (χ4n) is 3.15. The first kappa shape index (κ1) is 18.7. The fraction of sp³-hybridized carbons (Fsp3) is 0.211. The summed E-state index contributed by atoms with van der Waals surface area (Å²) in [6, 6.07) is 7.94. The second-order valence-corrected chi connectivity index (χ2v) is 7.21. The molecule has 6 nitrogen and oxygen atoms in total. The number of rotatable bonds is 3. The quantitative estimate of drug-likeness (QED) is 0.649. The van der Waals surface area contributed by atoms with Crippen LogP contribution in [0.3, 0.4) is 0 Å². The van der Waals surface area contributed by atoms with Gasteiger partial charge < -0.3 is 9.80 Å². The van der Waals surface area contributed by atoms with Crippen LogP contribution in [0.25, 0.3) is 5.69 Å². The van der Waals surface area contributed by atoms with Crippen LogP contribution in [0.5, 0.6) is 0 Å². The maximum atomic E-state index is 13.9. The Bertz CT molecular complexity index is 1020. The molecule has 2 aromatic heterocycles. The molecular formula is C19H16Cl2FN5O. The number of nitrogens with zero attached hydrogens (tertiary/aromatic N) is 5. The molecule has 1 aromatic carbocycles. The standard InChI is InChI=1S/C19H16Cl2FN5O/c20-14-9-15(21)18(23-11-14)25-5-7-26(8-6-25)19(28)13-10-24-27(12-13)17-4-2-1-3-16(17)22/h1-4,9-12H,5-8H2. The van der Waals surface area contributed by atoms with E-state index in [0.717, 1.165) is 0 Å². The number of piperazine rings is 1. The van der Waals surface area contributed by atoms with Crippen LogP contribution in [0.1, 0.15) is 10.4 Å². The van der Waals surface area contributed by atoms with Gasteiger partial charge in [-0.25, -0.2) is 14.1 Å². The van der Waals surface area contributed by atoms with Crippen molar-refractivity contribution in [1.29, 1.82) is 0 Å². The lowest BCUT2D eigenvalue weighted by Gasteiger charge is -2.35. The van der Waals surface area contributed by atoms with Crippen molar-refractivity contribution in [3.05, 3.63) is 70.3 Å². The van der Waals surface area contributed by atoms with E-state index in [0.29, 0.717) is 53.3 Å². The molecule has 0 unspecified atom stereocenters. The highest BCUT2D eigenvalue weighted by Crippen LogP contribution is 2.27. The summed E-state index contributed by atoms with van der Waals surface area (Å²) in [4.78, 5) is 20.8. The summed E-state index contributed by atoms with van der Waals surface area (Å²) in [7, 11) is 0. The van der Waals surface area contributed by atoms with E-state index in [4.69, 9.17) is 23.2 Å². The number of pyridine rings is 1. The normalized spacial score (nSPS) is 14.4. The predicted octanol–water partition coefficient (Wildman–Crippen LogP) is 3.68. The first-order valence-electron chi connectivity index (χ1n) is 8.68. The van der Waals surface area contributed by atoms with Crippen molar-refractivity contribution < 1.29 is 9.18 Å². The first-order valence-corrected chi connectivity index (χ1v) is 9.43. The Morgan fingerprint density at radius 3 is 2.54 bits per heavy atom. The van der Waals surface area contributed by atoms with Crippen LogP contribution < -0.4 is 4.90 Å². The van der Waals surface area contributed by atoms with Gasteiger partial charge in [0.2, 0.25) is 0 Å². The lowest BCUT2D eigenvalue weighted by Crippen LogP contribution is -2.49. The molecule has 0 atom stereocenters. The largest absolute Gasteiger partial charge is 0.352 e. The van der Waals surface area contributed by atoms with Crippen molar-refractivity contribution in [3.8, 4) is 5.69 Å². The molecule has 28 heavy (non-hydrogen) atoms. The molecule has 0 bridgehead atoms. The summed E-state index contributed by atoms with van der Waals surface area (Å²) in [5.41, 5.74) is 0.717. The van der Waals surface area contributed by atoms with Gasteiger partial charge >= 0.3 is 0 Å². The van der Waals surface area contributed by atoms with Gasteiger partial charge in [-0.1, -0.05) is 35.3 Å². The Labute approximate surface area is 171 Å². The number of hydrogen-bond acceptors (Lipinski definition) is 4. The highest BCUT2D eigenvalue weighted by Gasteiger charge is 2.25. The summed E-state index contributed by atoms with van der Waals surface area (Å²) < 4.78 is 15.3. The average Bonchev–Trinajstić information content (AvgIpc) is 3.18. The number of benzene rings is 1. The van der Waals surface area contributed by atoms with Crippen LogP contribution >= 0.6 is 23.2 Å². The molecular weight excluding hydrogens is 404 g/mol. The number of amides is 1. The van der Waals surface area contributed by atoms with Crippen molar-refractivity contribution in [3.63, 3.8) is 0 Å². The molecule has 0 aliphatic carbocycles. The number of carbonyl (C=O) groups is 1.